The van der Waals surface area contributed by atoms with Crippen LogP contribution in [0.2, 0.25) is 0 Å². The molecule has 2 aromatic carbocycles. The number of hydrogen-bond acceptors (Lipinski definition) is 3. The van der Waals surface area contributed by atoms with Gasteiger partial charge in [-0.1, -0.05) is 48.5 Å². The van der Waals surface area contributed by atoms with Crippen molar-refractivity contribution in [3.63, 3.8) is 0 Å². The molecule has 0 unspecified atom stereocenters. The van der Waals surface area contributed by atoms with Crippen LogP contribution in [0, 0.1) is 0 Å². The number of carbonyl (C=O) groups is 2. The Morgan fingerprint density at radius 1 is 1.00 bits per heavy atom. The first-order chi connectivity index (χ1) is 11.1. The number of hydrogen-bond donors (Lipinski definition) is 2. The maximum atomic E-state index is 12.8. The molecule has 118 valence electrons. The van der Waals surface area contributed by atoms with Gasteiger partial charge in [0, 0.05) is 17.0 Å². The zero-order valence-corrected chi connectivity index (χ0v) is 13.3. The normalized spacial score (nSPS) is 11.1. The molecule has 0 fully saturated rings. The lowest BCUT2D eigenvalue weighted by molar-refractivity contribution is -0.136. The number of aliphatic carboxylic acids is 1. The molecule has 2 rings (SSSR count). The molecular formula is C18H17NO3S. The molecule has 0 aliphatic heterocycles. The van der Waals surface area contributed by atoms with E-state index in [0.717, 1.165) is 5.56 Å². The molecule has 0 spiro atoms. The molecular weight excluding hydrogens is 310 g/mol. The first kappa shape index (κ1) is 16.8. The molecule has 0 saturated heterocycles. The predicted octanol–water partition coefficient (Wildman–Crippen LogP) is 3.12. The SMILES string of the molecule is O=C(O)CN(C(=O)/C(=C\c1ccccc1)CS)c1ccccc1. The van der Waals surface area contributed by atoms with Crippen LogP contribution >= 0.6 is 12.6 Å². The number of carboxylic acid groups (broad SMARTS) is 1. The Morgan fingerprint density at radius 3 is 2.09 bits per heavy atom. The summed E-state index contributed by atoms with van der Waals surface area (Å²) < 4.78 is 0. The highest BCUT2D eigenvalue weighted by molar-refractivity contribution is 7.80. The third-order valence-electron chi connectivity index (χ3n) is 3.19. The van der Waals surface area contributed by atoms with Crippen LogP contribution < -0.4 is 4.90 Å². The first-order valence-electron chi connectivity index (χ1n) is 7.07. The van der Waals surface area contributed by atoms with Gasteiger partial charge in [0.15, 0.2) is 0 Å². The highest BCUT2D eigenvalue weighted by atomic mass is 32.1. The maximum Gasteiger partial charge on any atom is 0.323 e. The smallest absolute Gasteiger partial charge is 0.323 e. The van der Waals surface area contributed by atoms with Crippen molar-refractivity contribution in [3.05, 3.63) is 71.8 Å². The second-order valence-corrected chi connectivity index (χ2v) is 5.18. The molecule has 0 heterocycles. The summed E-state index contributed by atoms with van der Waals surface area (Å²) in [5.41, 5.74) is 1.85. The summed E-state index contributed by atoms with van der Waals surface area (Å²) in [6.07, 6.45) is 1.73. The zero-order chi connectivity index (χ0) is 16.7. The minimum absolute atomic E-state index is 0.219. The second-order valence-electron chi connectivity index (χ2n) is 4.86. The number of rotatable bonds is 6. The van der Waals surface area contributed by atoms with E-state index in [-0.39, 0.29) is 11.7 Å². The van der Waals surface area contributed by atoms with E-state index in [1.165, 1.54) is 4.90 Å². The van der Waals surface area contributed by atoms with Crippen molar-refractivity contribution in [3.8, 4) is 0 Å². The maximum absolute atomic E-state index is 12.8. The number of thiol groups is 1. The van der Waals surface area contributed by atoms with Gasteiger partial charge in [0.2, 0.25) is 0 Å². The molecule has 0 saturated carbocycles. The summed E-state index contributed by atoms with van der Waals surface area (Å²) in [5, 5.41) is 9.11. The Labute approximate surface area is 140 Å². The fraction of sp³-hybridized carbons (Fsp3) is 0.111. The lowest BCUT2D eigenvalue weighted by Gasteiger charge is -2.22. The Kier molecular flexibility index (Phi) is 6.00. The molecule has 23 heavy (non-hydrogen) atoms. The van der Waals surface area contributed by atoms with Crippen LogP contribution in [0.3, 0.4) is 0 Å². The largest absolute Gasteiger partial charge is 0.480 e. The van der Waals surface area contributed by atoms with Crippen LogP contribution in [0.4, 0.5) is 5.69 Å². The molecule has 0 aliphatic rings. The summed E-state index contributed by atoms with van der Waals surface area (Å²) in [7, 11) is 0. The van der Waals surface area contributed by atoms with Crippen molar-refractivity contribution < 1.29 is 14.7 Å². The van der Waals surface area contributed by atoms with Gasteiger partial charge in [0.25, 0.3) is 5.91 Å². The minimum Gasteiger partial charge on any atom is -0.480 e. The number of nitrogens with zero attached hydrogens (tertiary/aromatic N) is 1. The molecule has 1 amide bonds. The van der Waals surface area contributed by atoms with Crippen molar-refractivity contribution in [1.29, 1.82) is 0 Å². The van der Waals surface area contributed by atoms with E-state index in [2.05, 4.69) is 12.6 Å². The average molecular weight is 327 g/mol. The molecule has 0 aliphatic carbocycles. The van der Waals surface area contributed by atoms with Gasteiger partial charge in [-0.2, -0.15) is 12.6 Å². The highest BCUT2D eigenvalue weighted by Crippen LogP contribution is 2.18. The van der Waals surface area contributed by atoms with Crippen LogP contribution in [0.25, 0.3) is 6.08 Å². The molecule has 4 nitrogen and oxygen atoms in total. The number of anilines is 1. The standard InChI is InChI=1S/C18H17NO3S/c20-17(21)12-19(16-9-5-2-6-10-16)18(22)15(13-23)11-14-7-3-1-4-8-14/h1-11,23H,12-13H2,(H,20,21)/b15-11-. The van der Waals surface area contributed by atoms with Crippen LogP contribution in [-0.2, 0) is 9.59 Å². The van der Waals surface area contributed by atoms with E-state index in [4.69, 9.17) is 5.11 Å². The van der Waals surface area contributed by atoms with Gasteiger partial charge in [0.1, 0.15) is 6.54 Å². The van der Waals surface area contributed by atoms with Crippen LogP contribution in [0.5, 0.6) is 0 Å². The zero-order valence-electron chi connectivity index (χ0n) is 12.4. The van der Waals surface area contributed by atoms with Crippen LogP contribution in [0.15, 0.2) is 66.2 Å². The molecule has 1 N–H and O–H groups in total. The van der Waals surface area contributed by atoms with Crippen molar-refractivity contribution >= 4 is 36.3 Å². The van der Waals surface area contributed by atoms with E-state index in [9.17, 15) is 9.59 Å². The van der Waals surface area contributed by atoms with Gasteiger partial charge in [-0.25, -0.2) is 0 Å². The van der Waals surface area contributed by atoms with Crippen molar-refractivity contribution in [2.45, 2.75) is 0 Å². The number of amides is 1. The second kappa shape index (κ2) is 8.19. The fourth-order valence-corrected chi connectivity index (χ4v) is 2.35. The molecule has 2 aromatic rings. The van der Waals surface area contributed by atoms with Crippen LogP contribution in [0.1, 0.15) is 5.56 Å². The van der Waals surface area contributed by atoms with Crippen molar-refractivity contribution in [2.75, 3.05) is 17.2 Å². The van der Waals surface area contributed by atoms with E-state index >= 15 is 0 Å². The molecule has 5 heteroatoms. The number of carboxylic acids is 1. The Balaban J connectivity index is 2.35. The van der Waals surface area contributed by atoms with E-state index in [1.54, 1.807) is 30.3 Å². The van der Waals surface area contributed by atoms with Crippen LogP contribution in [-0.4, -0.2) is 29.3 Å². The first-order valence-corrected chi connectivity index (χ1v) is 7.70. The topological polar surface area (TPSA) is 57.6 Å². The Bertz CT molecular complexity index is 699. The molecule has 0 radical (unpaired) electrons. The van der Waals surface area contributed by atoms with E-state index < -0.39 is 12.5 Å². The van der Waals surface area contributed by atoms with Gasteiger partial charge in [-0.15, -0.1) is 0 Å². The number of para-hydroxylation sites is 1. The number of carbonyl (C=O) groups excluding carboxylic acids is 1. The summed E-state index contributed by atoms with van der Waals surface area (Å²) in [4.78, 5) is 25.1. The van der Waals surface area contributed by atoms with Crippen molar-refractivity contribution in [1.82, 2.24) is 0 Å². The van der Waals surface area contributed by atoms with E-state index in [0.29, 0.717) is 11.3 Å². The molecule has 0 atom stereocenters. The lowest BCUT2D eigenvalue weighted by atomic mass is 10.1. The molecule has 0 aromatic heterocycles. The minimum atomic E-state index is -1.07. The molecule has 0 bridgehead atoms. The van der Waals surface area contributed by atoms with Crippen molar-refractivity contribution in [2.24, 2.45) is 0 Å². The third kappa shape index (κ3) is 4.72. The van der Waals surface area contributed by atoms with Gasteiger partial charge in [-0.05, 0) is 23.8 Å². The quantitative estimate of drug-likeness (QED) is 0.633. The predicted molar refractivity (Wildman–Crippen MR) is 94.7 cm³/mol. The third-order valence-corrected chi connectivity index (χ3v) is 3.53. The van der Waals surface area contributed by atoms with Gasteiger partial charge in [0.05, 0.1) is 0 Å². The van der Waals surface area contributed by atoms with Gasteiger partial charge >= 0.3 is 5.97 Å². The summed E-state index contributed by atoms with van der Waals surface area (Å²) in [5.74, 6) is -1.21. The summed E-state index contributed by atoms with van der Waals surface area (Å²) in [6.45, 7) is -0.400. The fourth-order valence-electron chi connectivity index (χ4n) is 2.12. The summed E-state index contributed by atoms with van der Waals surface area (Å²) in [6, 6.07) is 18.1. The Morgan fingerprint density at radius 2 is 1.57 bits per heavy atom. The van der Waals surface area contributed by atoms with Gasteiger partial charge in [-0.3, -0.25) is 14.5 Å². The average Bonchev–Trinajstić information content (AvgIpc) is 2.58. The monoisotopic (exact) mass is 327 g/mol. The Hall–Kier alpha value is -2.53. The lowest BCUT2D eigenvalue weighted by Crippen LogP contribution is -2.37. The number of benzene rings is 2. The van der Waals surface area contributed by atoms with E-state index in [1.807, 2.05) is 36.4 Å². The summed E-state index contributed by atoms with van der Waals surface area (Å²) >= 11 is 4.22. The highest BCUT2D eigenvalue weighted by Gasteiger charge is 2.21. The van der Waals surface area contributed by atoms with Gasteiger partial charge < -0.3 is 5.11 Å².